The lowest BCUT2D eigenvalue weighted by Crippen LogP contribution is -2.13. The summed E-state index contributed by atoms with van der Waals surface area (Å²) in [4.78, 5) is 3.27. The summed E-state index contributed by atoms with van der Waals surface area (Å²) in [5.74, 6) is 1.36. The molecule has 2 fully saturated rings. The second-order valence-corrected chi connectivity index (χ2v) is 8.70. The Hall–Kier alpha value is -3.20. The van der Waals surface area contributed by atoms with E-state index in [1.807, 2.05) is 20.0 Å². The fraction of sp³-hybridized carbons (Fsp3) is 0.414. The van der Waals surface area contributed by atoms with E-state index >= 15 is 0 Å². The largest absolute Gasteiger partial charge is 0.416 e. The first-order valence-electron chi connectivity index (χ1n) is 12.3. The lowest BCUT2D eigenvalue weighted by molar-refractivity contribution is -0.137. The van der Waals surface area contributed by atoms with Gasteiger partial charge in [0.05, 0.1) is 17.3 Å². The third-order valence-electron chi connectivity index (χ3n) is 5.89. The van der Waals surface area contributed by atoms with E-state index in [-0.39, 0.29) is 0 Å². The van der Waals surface area contributed by atoms with Crippen LogP contribution < -0.4 is 5.32 Å². The van der Waals surface area contributed by atoms with Crippen molar-refractivity contribution < 1.29 is 13.2 Å². The molecule has 3 nitrogen and oxygen atoms in total. The van der Waals surface area contributed by atoms with Crippen molar-refractivity contribution >= 4 is 16.6 Å². The molecule has 0 unspecified atom stereocenters. The van der Waals surface area contributed by atoms with Gasteiger partial charge in [-0.1, -0.05) is 63.5 Å². The maximum atomic E-state index is 11.9. The maximum Gasteiger partial charge on any atom is 0.416 e. The van der Waals surface area contributed by atoms with Gasteiger partial charge in [0.15, 0.2) is 0 Å². The fourth-order valence-corrected chi connectivity index (χ4v) is 3.51. The minimum absolute atomic E-state index is 0.440. The van der Waals surface area contributed by atoms with Crippen molar-refractivity contribution in [3.05, 3.63) is 78.1 Å². The van der Waals surface area contributed by atoms with Crippen LogP contribution in [0.25, 0.3) is 10.9 Å². The Kier molecular flexibility index (Phi) is 10.9. The second kappa shape index (κ2) is 13.6. The smallest absolute Gasteiger partial charge is 0.361 e. The van der Waals surface area contributed by atoms with Gasteiger partial charge < -0.3 is 10.3 Å². The molecule has 0 bridgehead atoms. The molecule has 1 heterocycles. The van der Waals surface area contributed by atoms with Crippen LogP contribution in [0.4, 0.5) is 18.9 Å². The van der Waals surface area contributed by atoms with Crippen LogP contribution in [0, 0.1) is 30.1 Å². The summed E-state index contributed by atoms with van der Waals surface area (Å²) in [6.07, 6.45) is 7.27. The van der Waals surface area contributed by atoms with E-state index in [4.69, 9.17) is 5.26 Å². The number of rotatable bonds is 4. The van der Waals surface area contributed by atoms with Crippen LogP contribution in [0.5, 0.6) is 0 Å². The van der Waals surface area contributed by atoms with Crippen molar-refractivity contribution in [2.24, 2.45) is 11.8 Å². The number of aromatic amines is 1. The van der Waals surface area contributed by atoms with Gasteiger partial charge in [-0.2, -0.15) is 18.4 Å². The van der Waals surface area contributed by atoms with Crippen LogP contribution in [-0.4, -0.2) is 4.98 Å². The molecular formula is C29H36F3N3. The Balaban J connectivity index is 0.000000205. The maximum absolute atomic E-state index is 11.9. The Morgan fingerprint density at radius 1 is 1.09 bits per heavy atom. The van der Waals surface area contributed by atoms with Crippen molar-refractivity contribution in [1.29, 1.82) is 5.26 Å². The quantitative estimate of drug-likeness (QED) is 0.389. The number of alkyl halides is 3. The third kappa shape index (κ3) is 9.16. The van der Waals surface area contributed by atoms with Crippen molar-refractivity contribution in [1.82, 2.24) is 4.98 Å². The Labute approximate surface area is 207 Å². The molecule has 0 saturated heterocycles. The topological polar surface area (TPSA) is 51.6 Å². The molecule has 35 heavy (non-hydrogen) atoms. The lowest BCUT2D eigenvalue weighted by atomic mass is 9.81. The van der Waals surface area contributed by atoms with E-state index in [1.165, 1.54) is 54.3 Å². The van der Waals surface area contributed by atoms with Gasteiger partial charge in [0, 0.05) is 23.0 Å². The highest BCUT2D eigenvalue weighted by atomic mass is 19.4. The number of hydrogen-bond donors (Lipinski definition) is 2. The minimum Gasteiger partial charge on any atom is -0.361 e. The highest BCUT2D eigenvalue weighted by Crippen LogP contribution is 2.32. The van der Waals surface area contributed by atoms with Crippen LogP contribution >= 0.6 is 0 Å². The monoisotopic (exact) mass is 483 g/mol. The number of nitrogens with zero attached hydrogens (tertiary/aromatic N) is 1. The number of benzene rings is 2. The normalized spacial score (nSPS) is 14.5. The van der Waals surface area contributed by atoms with Crippen LogP contribution in [0.2, 0.25) is 0 Å². The van der Waals surface area contributed by atoms with Gasteiger partial charge in [-0.25, -0.2) is 0 Å². The summed E-state index contributed by atoms with van der Waals surface area (Å²) in [5.41, 5.74) is 3.99. The van der Waals surface area contributed by atoms with Crippen LogP contribution in [0.3, 0.4) is 0 Å². The number of aromatic nitrogens is 1. The molecule has 3 aromatic rings. The lowest BCUT2D eigenvalue weighted by Gasteiger charge is -2.25. The summed E-state index contributed by atoms with van der Waals surface area (Å²) in [6.45, 7) is 9.46. The molecular weight excluding hydrogens is 447 g/mol. The van der Waals surface area contributed by atoms with Gasteiger partial charge in [0.2, 0.25) is 0 Å². The van der Waals surface area contributed by atoms with Crippen LogP contribution in [0.1, 0.15) is 62.6 Å². The number of aryl methyl sites for hydroxylation is 1. The first-order chi connectivity index (χ1) is 16.8. The summed E-state index contributed by atoms with van der Waals surface area (Å²) in [5, 5.41) is 12.4. The van der Waals surface area contributed by atoms with E-state index in [0.29, 0.717) is 5.92 Å². The van der Waals surface area contributed by atoms with E-state index in [0.717, 1.165) is 42.1 Å². The SMILES string of the molecule is C=CNc1c[nH]c2ccc(CC3CCC3)cc12.CC.Cc1ccc(C(F)(F)F)cc1.N#CC1CC1. The molecule has 2 aromatic carbocycles. The molecule has 188 valence electrons. The Bertz CT molecular complexity index is 1080. The van der Waals surface area contributed by atoms with E-state index in [9.17, 15) is 13.2 Å². The molecule has 6 heteroatoms. The van der Waals surface area contributed by atoms with Crippen molar-refractivity contribution in [2.45, 2.75) is 65.5 Å². The molecule has 0 aliphatic heterocycles. The van der Waals surface area contributed by atoms with E-state index in [1.54, 1.807) is 13.1 Å². The molecule has 0 radical (unpaired) electrons. The zero-order chi connectivity index (χ0) is 25.8. The number of anilines is 1. The highest BCUT2D eigenvalue weighted by molar-refractivity contribution is 5.93. The first-order valence-corrected chi connectivity index (χ1v) is 12.3. The van der Waals surface area contributed by atoms with Gasteiger partial charge in [-0.05, 0) is 68.1 Å². The van der Waals surface area contributed by atoms with Gasteiger partial charge in [-0.3, -0.25) is 0 Å². The van der Waals surface area contributed by atoms with Gasteiger partial charge in [0.1, 0.15) is 0 Å². The number of nitrogens with one attached hydrogen (secondary N) is 2. The zero-order valence-corrected chi connectivity index (χ0v) is 20.9. The molecule has 5 rings (SSSR count). The molecule has 0 atom stereocenters. The fourth-order valence-electron chi connectivity index (χ4n) is 3.51. The molecule has 2 aliphatic carbocycles. The Morgan fingerprint density at radius 3 is 2.20 bits per heavy atom. The molecule has 0 amide bonds. The number of nitriles is 1. The predicted molar refractivity (Wildman–Crippen MR) is 139 cm³/mol. The van der Waals surface area contributed by atoms with Crippen molar-refractivity contribution in [3.63, 3.8) is 0 Å². The highest BCUT2D eigenvalue weighted by Gasteiger charge is 2.29. The minimum atomic E-state index is -4.21. The number of H-pyrrole nitrogens is 1. The molecule has 1 aromatic heterocycles. The number of hydrogen-bond acceptors (Lipinski definition) is 2. The molecule has 2 N–H and O–H groups in total. The van der Waals surface area contributed by atoms with Crippen molar-refractivity contribution in [2.75, 3.05) is 5.32 Å². The summed E-state index contributed by atoms with van der Waals surface area (Å²) < 4.78 is 35.8. The predicted octanol–water partition coefficient (Wildman–Crippen LogP) is 9.03. The van der Waals surface area contributed by atoms with Gasteiger partial charge in [0.25, 0.3) is 0 Å². The molecule has 2 saturated carbocycles. The first kappa shape index (κ1) is 28.0. The summed E-state index contributed by atoms with van der Waals surface area (Å²) >= 11 is 0. The van der Waals surface area contributed by atoms with Crippen LogP contribution in [-0.2, 0) is 12.6 Å². The average molecular weight is 484 g/mol. The molecule has 2 aliphatic rings. The number of fused-ring (bicyclic) bond motifs is 1. The van der Waals surface area contributed by atoms with Crippen molar-refractivity contribution in [3.8, 4) is 6.07 Å². The zero-order valence-electron chi connectivity index (χ0n) is 20.9. The van der Waals surface area contributed by atoms with E-state index in [2.05, 4.69) is 41.1 Å². The number of halogens is 3. The standard InChI is InChI=1S/C15H18N2.C8H7F3.C4H5N.C2H6/c1-2-16-15-10-17-14-7-6-12(9-13(14)15)8-11-4-3-5-11;1-6-2-4-7(5-3-6)8(9,10)11;5-3-4-1-2-4;1-2/h2,6-7,9-11,16-17H,1,3-5,8H2;2-5H,1H3;4H,1-2H2;1-2H3. The summed E-state index contributed by atoms with van der Waals surface area (Å²) in [6, 6.07) is 13.9. The second-order valence-electron chi connectivity index (χ2n) is 8.70. The summed E-state index contributed by atoms with van der Waals surface area (Å²) in [7, 11) is 0. The van der Waals surface area contributed by atoms with Gasteiger partial charge in [-0.15, -0.1) is 0 Å². The van der Waals surface area contributed by atoms with E-state index < -0.39 is 11.7 Å². The third-order valence-corrected chi connectivity index (χ3v) is 5.89. The van der Waals surface area contributed by atoms with Gasteiger partial charge >= 0.3 is 6.18 Å². The average Bonchev–Trinajstić information content (AvgIpc) is 3.59. The molecule has 0 spiro atoms. The Morgan fingerprint density at radius 2 is 1.74 bits per heavy atom. The van der Waals surface area contributed by atoms with Crippen LogP contribution in [0.15, 0.2) is 61.4 Å².